The third-order valence-electron chi connectivity index (χ3n) is 2.58. The lowest BCUT2D eigenvalue weighted by Crippen LogP contribution is -2.36. The average Bonchev–Trinajstić information content (AvgIpc) is 2.64. The van der Waals surface area contributed by atoms with Gasteiger partial charge in [0, 0.05) is 6.54 Å². The van der Waals surface area contributed by atoms with Crippen LogP contribution in [0.25, 0.3) is 0 Å². The topological polar surface area (TPSA) is 60.8 Å². The fourth-order valence-corrected chi connectivity index (χ4v) is 1.57. The molecule has 0 spiro atoms. The highest BCUT2D eigenvalue weighted by Crippen LogP contribution is 2.16. The molecule has 5 nitrogen and oxygen atoms in total. The number of hydrogen-bond donors (Lipinski definition) is 2. The van der Waals surface area contributed by atoms with Crippen molar-refractivity contribution in [1.29, 1.82) is 0 Å². The van der Waals surface area contributed by atoms with E-state index in [1.807, 2.05) is 0 Å². The molecule has 1 rings (SSSR count). The second-order valence-electron chi connectivity index (χ2n) is 5.15. The Morgan fingerprint density at radius 2 is 2.12 bits per heavy atom. The van der Waals surface area contributed by atoms with Gasteiger partial charge in [0.2, 0.25) is 0 Å². The van der Waals surface area contributed by atoms with Crippen LogP contribution in [-0.4, -0.2) is 72.4 Å². The molecule has 1 aliphatic heterocycles. The molecule has 0 radical (unpaired) electrons. The molecular weight excluding hydrogens is 220 g/mol. The van der Waals surface area contributed by atoms with Gasteiger partial charge < -0.3 is 19.6 Å². The number of rotatable bonds is 4. The number of quaternary nitrogens is 1. The number of carboxylic acid groups (broad SMARTS) is 1. The predicted octanol–water partition coefficient (Wildman–Crippen LogP) is 0.364. The SMILES string of the molecule is C=CN1CCC[C@H]1C(=O)O.C[N+](C)(C)CCO. The van der Waals surface area contributed by atoms with Crippen molar-refractivity contribution in [1.82, 2.24) is 4.90 Å². The van der Waals surface area contributed by atoms with Crippen LogP contribution in [0.4, 0.5) is 0 Å². The van der Waals surface area contributed by atoms with E-state index < -0.39 is 5.97 Å². The number of hydrogen-bond acceptors (Lipinski definition) is 3. The van der Waals surface area contributed by atoms with Crippen LogP contribution >= 0.6 is 0 Å². The molecule has 0 amide bonds. The van der Waals surface area contributed by atoms with E-state index in [1.54, 1.807) is 11.1 Å². The Bertz CT molecular complexity index is 249. The fourth-order valence-electron chi connectivity index (χ4n) is 1.57. The van der Waals surface area contributed by atoms with Crippen molar-refractivity contribution in [3.05, 3.63) is 12.8 Å². The first kappa shape index (κ1) is 15.9. The van der Waals surface area contributed by atoms with E-state index in [2.05, 4.69) is 27.7 Å². The highest BCUT2D eigenvalue weighted by Gasteiger charge is 2.27. The first-order valence-corrected chi connectivity index (χ1v) is 5.84. The minimum Gasteiger partial charge on any atom is -0.480 e. The highest BCUT2D eigenvalue weighted by molar-refractivity contribution is 5.73. The van der Waals surface area contributed by atoms with Crippen molar-refractivity contribution in [2.75, 3.05) is 40.8 Å². The van der Waals surface area contributed by atoms with E-state index in [0.29, 0.717) is 0 Å². The average molecular weight is 245 g/mol. The van der Waals surface area contributed by atoms with Crippen molar-refractivity contribution < 1.29 is 19.5 Å². The Labute approximate surface area is 104 Å². The lowest BCUT2D eigenvalue weighted by atomic mass is 10.2. The number of likely N-dealkylation sites (N-methyl/N-ethyl adjacent to an activating group) is 1. The molecule has 100 valence electrons. The summed E-state index contributed by atoms with van der Waals surface area (Å²) in [6.45, 7) is 5.49. The van der Waals surface area contributed by atoms with Gasteiger partial charge >= 0.3 is 5.97 Å². The van der Waals surface area contributed by atoms with Crippen LogP contribution in [0, 0.1) is 0 Å². The van der Waals surface area contributed by atoms with Crippen LogP contribution in [0.15, 0.2) is 12.8 Å². The van der Waals surface area contributed by atoms with Gasteiger partial charge in [-0.1, -0.05) is 6.58 Å². The van der Waals surface area contributed by atoms with Crippen molar-refractivity contribution in [3.63, 3.8) is 0 Å². The monoisotopic (exact) mass is 245 g/mol. The number of aliphatic carboxylic acids is 1. The lowest BCUT2D eigenvalue weighted by molar-refractivity contribution is -0.870. The minimum atomic E-state index is -0.739. The maximum Gasteiger partial charge on any atom is 0.326 e. The van der Waals surface area contributed by atoms with Gasteiger partial charge in [-0.15, -0.1) is 0 Å². The number of carbonyl (C=O) groups is 1. The summed E-state index contributed by atoms with van der Waals surface area (Å²) in [5.41, 5.74) is 0. The van der Waals surface area contributed by atoms with Crippen LogP contribution in [0.1, 0.15) is 12.8 Å². The Balaban J connectivity index is 0.000000325. The number of likely N-dealkylation sites (tertiary alicyclic amines) is 1. The summed E-state index contributed by atoms with van der Waals surface area (Å²) in [4.78, 5) is 12.2. The third-order valence-corrected chi connectivity index (χ3v) is 2.58. The second kappa shape index (κ2) is 7.29. The molecule has 0 aliphatic carbocycles. The molecule has 5 heteroatoms. The first-order chi connectivity index (χ1) is 7.81. The molecule has 1 heterocycles. The molecule has 0 saturated carbocycles. The van der Waals surface area contributed by atoms with Gasteiger partial charge in [-0.05, 0) is 19.0 Å². The number of nitrogens with zero attached hydrogens (tertiary/aromatic N) is 2. The summed E-state index contributed by atoms with van der Waals surface area (Å²) < 4.78 is 0.844. The quantitative estimate of drug-likeness (QED) is 0.702. The molecule has 0 aromatic rings. The number of aliphatic hydroxyl groups is 1. The summed E-state index contributed by atoms with van der Waals surface area (Å²) in [6, 6.07) is -0.322. The van der Waals surface area contributed by atoms with Crippen LogP contribution in [-0.2, 0) is 4.79 Å². The third kappa shape index (κ3) is 6.97. The van der Waals surface area contributed by atoms with Crippen molar-refractivity contribution in [3.8, 4) is 0 Å². The zero-order chi connectivity index (χ0) is 13.5. The molecule has 0 bridgehead atoms. The van der Waals surface area contributed by atoms with Gasteiger partial charge in [0.05, 0.1) is 27.7 Å². The summed E-state index contributed by atoms with van der Waals surface area (Å²) in [6.07, 6.45) is 3.32. The summed E-state index contributed by atoms with van der Waals surface area (Å²) in [5.74, 6) is -0.739. The molecule has 0 aromatic carbocycles. The van der Waals surface area contributed by atoms with E-state index in [-0.39, 0.29) is 12.6 Å². The molecule has 1 atom stereocenters. The fraction of sp³-hybridized carbons (Fsp3) is 0.750. The zero-order valence-corrected chi connectivity index (χ0v) is 11.1. The van der Waals surface area contributed by atoms with Crippen molar-refractivity contribution in [2.24, 2.45) is 0 Å². The normalized spacial score (nSPS) is 19.5. The van der Waals surface area contributed by atoms with Crippen LogP contribution < -0.4 is 0 Å². The second-order valence-corrected chi connectivity index (χ2v) is 5.15. The molecule has 2 N–H and O–H groups in total. The van der Waals surface area contributed by atoms with Gasteiger partial charge in [0.1, 0.15) is 12.6 Å². The van der Waals surface area contributed by atoms with E-state index in [0.717, 1.165) is 30.4 Å². The van der Waals surface area contributed by atoms with Gasteiger partial charge in [0.25, 0.3) is 0 Å². The minimum absolute atomic E-state index is 0.281. The van der Waals surface area contributed by atoms with E-state index in [9.17, 15) is 4.79 Å². The Kier molecular flexibility index (Phi) is 6.83. The molecule has 0 unspecified atom stereocenters. The Morgan fingerprint density at radius 3 is 2.35 bits per heavy atom. The van der Waals surface area contributed by atoms with Crippen LogP contribution in [0.5, 0.6) is 0 Å². The molecule has 17 heavy (non-hydrogen) atoms. The molecular formula is C12H25N2O3+. The summed E-state index contributed by atoms with van der Waals surface area (Å²) >= 11 is 0. The zero-order valence-electron chi connectivity index (χ0n) is 11.1. The van der Waals surface area contributed by atoms with Gasteiger partial charge in [-0.25, -0.2) is 4.79 Å². The maximum atomic E-state index is 10.5. The highest BCUT2D eigenvalue weighted by atomic mass is 16.4. The summed E-state index contributed by atoms with van der Waals surface area (Å²) in [5, 5.41) is 17.0. The molecule has 1 aliphatic rings. The Hall–Kier alpha value is -1.07. The van der Waals surface area contributed by atoms with E-state index in [1.165, 1.54) is 0 Å². The standard InChI is InChI=1S/C7H11NO2.C5H14NO/c1-2-8-5-3-4-6(8)7(9)10;1-6(2,3)4-5-7/h2,6H,1,3-5H2,(H,9,10);7H,4-5H2,1-3H3/q;+1/t6-;/m0./s1. The maximum absolute atomic E-state index is 10.5. The van der Waals surface area contributed by atoms with Crippen LogP contribution in [0.2, 0.25) is 0 Å². The van der Waals surface area contributed by atoms with Crippen molar-refractivity contribution >= 4 is 5.97 Å². The van der Waals surface area contributed by atoms with Crippen molar-refractivity contribution in [2.45, 2.75) is 18.9 Å². The largest absolute Gasteiger partial charge is 0.480 e. The van der Waals surface area contributed by atoms with Gasteiger partial charge in [-0.3, -0.25) is 0 Å². The first-order valence-electron chi connectivity index (χ1n) is 5.84. The molecule has 0 aromatic heterocycles. The predicted molar refractivity (Wildman–Crippen MR) is 67.5 cm³/mol. The van der Waals surface area contributed by atoms with Gasteiger partial charge in [0.15, 0.2) is 0 Å². The molecule has 1 fully saturated rings. The molecule has 1 saturated heterocycles. The van der Waals surface area contributed by atoms with Crippen LogP contribution in [0.3, 0.4) is 0 Å². The smallest absolute Gasteiger partial charge is 0.326 e. The number of carboxylic acids is 1. The van der Waals surface area contributed by atoms with E-state index >= 15 is 0 Å². The van der Waals surface area contributed by atoms with Gasteiger partial charge in [-0.2, -0.15) is 0 Å². The van der Waals surface area contributed by atoms with E-state index in [4.69, 9.17) is 10.2 Å². The number of aliphatic hydroxyl groups excluding tert-OH is 1. The summed E-state index contributed by atoms with van der Waals surface area (Å²) in [7, 11) is 6.16. The lowest BCUT2D eigenvalue weighted by Gasteiger charge is -2.21. The Morgan fingerprint density at radius 1 is 1.53 bits per heavy atom.